The van der Waals surface area contributed by atoms with E-state index in [0.29, 0.717) is 17.5 Å². The third-order valence-corrected chi connectivity index (χ3v) is 6.51. The lowest BCUT2D eigenvalue weighted by Gasteiger charge is -2.13. The fourth-order valence-corrected chi connectivity index (χ4v) is 4.79. The average molecular weight is 426 g/mol. The summed E-state index contributed by atoms with van der Waals surface area (Å²) in [5.41, 5.74) is 0.939. The molecule has 1 aliphatic rings. The van der Waals surface area contributed by atoms with Gasteiger partial charge in [0.2, 0.25) is 11.7 Å². The van der Waals surface area contributed by atoms with Crippen LogP contribution in [0.15, 0.2) is 57.5 Å². The number of hydrogen-bond acceptors (Lipinski definition) is 8. The van der Waals surface area contributed by atoms with E-state index in [9.17, 15) is 0 Å². The number of thiophene rings is 1. The van der Waals surface area contributed by atoms with Crippen molar-refractivity contribution in [3.05, 3.63) is 53.7 Å². The Morgan fingerprint density at radius 1 is 1.14 bits per heavy atom. The van der Waals surface area contributed by atoms with Crippen molar-refractivity contribution in [2.24, 2.45) is 0 Å². The molecule has 29 heavy (non-hydrogen) atoms. The first kappa shape index (κ1) is 18.5. The van der Waals surface area contributed by atoms with Gasteiger partial charge in [0, 0.05) is 12.2 Å². The molecule has 4 heterocycles. The van der Waals surface area contributed by atoms with Gasteiger partial charge >= 0.3 is 0 Å². The zero-order valence-corrected chi connectivity index (χ0v) is 17.2. The Labute approximate surface area is 176 Å². The first-order valence-corrected chi connectivity index (χ1v) is 11.3. The van der Waals surface area contributed by atoms with Crippen molar-refractivity contribution >= 4 is 23.1 Å². The molecule has 0 N–H and O–H groups in total. The normalized spacial score (nSPS) is 16.5. The number of aromatic nitrogens is 5. The molecule has 148 valence electrons. The van der Waals surface area contributed by atoms with Gasteiger partial charge in [0.1, 0.15) is 0 Å². The van der Waals surface area contributed by atoms with E-state index < -0.39 is 0 Å². The van der Waals surface area contributed by atoms with Gasteiger partial charge in [-0.2, -0.15) is 4.98 Å². The highest BCUT2D eigenvalue weighted by Crippen LogP contribution is 2.30. The van der Waals surface area contributed by atoms with E-state index in [4.69, 9.17) is 9.26 Å². The summed E-state index contributed by atoms with van der Waals surface area (Å²) in [6.45, 7) is 1.58. The van der Waals surface area contributed by atoms with Crippen molar-refractivity contribution in [3.63, 3.8) is 0 Å². The maximum Gasteiger partial charge on any atom is 0.237 e. The molecule has 1 fully saturated rings. The molecule has 3 aromatic heterocycles. The number of ether oxygens (including phenoxy) is 1. The summed E-state index contributed by atoms with van der Waals surface area (Å²) in [6, 6.07) is 13.9. The molecule has 0 spiro atoms. The standard InChI is InChI=1S/C20H19N5O2S2/c1-2-6-14(7-3-1)18-21-17(27-24-18)13-29-20-23-22-19(16-9-5-11-28-16)25(20)12-15-8-4-10-26-15/h1-3,5-7,9,11,15H,4,8,10,12-13H2. The molecule has 5 rings (SSSR count). The van der Waals surface area contributed by atoms with Crippen LogP contribution in [0.3, 0.4) is 0 Å². The van der Waals surface area contributed by atoms with E-state index in [2.05, 4.69) is 36.4 Å². The van der Waals surface area contributed by atoms with Gasteiger partial charge in [-0.3, -0.25) is 4.57 Å². The highest BCUT2D eigenvalue weighted by Gasteiger charge is 2.22. The van der Waals surface area contributed by atoms with Crippen LogP contribution in [-0.2, 0) is 17.0 Å². The van der Waals surface area contributed by atoms with E-state index in [1.807, 2.05) is 36.4 Å². The van der Waals surface area contributed by atoms with E-state index in [0.717, 1.165) is 47.4 Å². The van der Waals surface area contributed by atoms with Crippen LogP contribution in [0.25, 0.3) is 22.1 Å². The van der Waals surface area contributed by atoms with Gasteiger partial charge in [0.25, 0.3) is 0 Å². The molecule has 1 aromatic carbocycles. The quantitative estimate of drug-likeness (QED) is 0.403. The van der Waals surface area contributed by atoms with Crippen LogP contribution in [0.4, 0.5) is 0 Å². The third-order valence-electron chi connectivity index (χ3n) is 4.69. The summed E-state index contributed by atoms with van der Waals surface area (Å²) >= 11 is 3.21. The Hall–Kier alpha value is -2.49. The van der Waals surface area contributed by atoms with Crippen molar-refractivity contribution < 1.29 is 9.26 Å². The molecule has 9 heteroatoms. The molecule has 1 unspecified atom stereocenters. The SMILES string of the molecule is c1ccc(-c2noc(CSc3nnc(-c4cccs4)n3CC3CCCO3)n2)cc1. The molecule has 0 saturated carbocycles. The van der Waals surface area contributed by atoms with Crippen molar-refractivity contribution in [1.29, 1.82) is 0 Å². The minimum Gasteiger partial charge on any atom is -0.376 e. The summed E-state index contributed by atoms with van der Waals surface area (Å²) in [5.74, 6) is 2.58. The minimum absolute atomic E-state index is 0.206. The largest absolute Gasteiger partial charge is 0.376 e. The summed E-state index contributed by atoms with van der Waals surface area (Å²) in [7, 11) is 0. The van der Waals surface area contributed by atoms with Crippen molar-refractivity contribution in [2.45, 2.75) is 36.4 Å². The van der Waals surface area contributed by atoms with Gasteiger partial charge < -0.3 is 9.26 Å². The molecule has 1 atom stereocenters. The van der Waals surface area contributed by atoms with Crippen molar-refractivity contribution in [3.8, 4) is 22.1 Å². The van der Waals surface area contributed by atoms with Crippen LogP contribution in [0, 0.1) is 0 Å². The Balaban J connectivity index is 1.35. The Bertz CT molecular complexity index is 1060. The first-order chi connectivity index (χ1) is 14.4. The predicted molar refractivity (Wildman–Crippen MR) is 112 cm³/mol. The molecular formula is C20H19N5O2S2. The Morgan fingerprint density at radius 2 is 2.07 bits per heavy atom. The number of rotatable bonds is 7. The monoisotopic (exact) mass is 425 g/mol. The molecule has 7 nitrogen and oxygen atoms in total. The maximum atomic E-state index is 5.85. The van der Waals surface area contributed by atoms with E-state index in [1.54, 1.807) is 23.1 Å². The molecule has 0 bridgehead atoms. The molecule has 0 radical (unpaired) electrons. The van der Waals surface area contributed by atoms with Gasteiger partial charge in [-0.25, -0.2) is 0 Å². The van der Waals surface area contributed by atoms with Gasteiger partial charge in [-0.1, -0.05) is 53.3 Å². The fraction of sp³-hybridized carbons (Fsp3) is 0.300. The number of thioether (sulfide) groups is 1. The second-order valence-corrected chi connectivity index (χ2v) is 8.59. The molecule has 1 aliphatic heterocycles. The fourth-order valence-electron chi connectivity index (χ4n) is 3.28. The zero-order chi connectivity index (χ0) is 19.5. The van der Waals surface area contributed by atoms with E-state index in [-0.39, 0.29) is 6.10 Å². The second-order valence-electron chi connectivity index (χ2n) is 6.70. The lowest BCUT2D eigenvalue weighted by molar-refractivity contribution is 0.0953. The van der Waals surface area contributed by atoms with Crippen molar-refractivity contribution in [1.82, 2.24) is 24.9 Å². The lowest BCUT2D eigenvalue weighted by Crippen LogP contribution is -2.16. The number of benzene rings is 1. The Kier molecular flexibility index (Phi) is 5.42. The highest BCUT2D eigenvalue weighted by atomic mass is 32.2. The number of hydrogen-bond donors (Lipinski definition) is 0. The third kappa shape index (κ3) is 4.12. The topological polar surface area (TPSA) is 78.9 Å². The molecule has 1 saturated heterocycles. The van der Waals surface area contributed by atoms with Gasteiger partial charge in [0.05, 0.1) is 23.3 Å². The minimum atomic E-state index is 0.206. The van der Waals surface area contributed by atoms with Gasteiger partial charge in [-0.15, -0.1) is 21.5 Å². The van der Waals surface area contributed by atoms with Crippen LogP contribution in [0.2, 0.25) is 0 Å². The molecule has 0 amide bonds. The smallest absolute Gasteiger partial charge is 0.237 e. The van der Waals surface area contributed by atoms with Crippen LogP contribution in [-0.4, -0.2) is 37.6 Å². The summed E-state index contributed by atoms with van der Waals surface area (Å²) in [6.07, 6.45) is 2.38. The number of nitrogens with zero attached hydrogens (tertiary/aromatic N) is 5. The average Bonchev–Trinajstić information content (AvgIpc) is 3.54. The highest BCUT2D eigenvalue weighted by molar-refractivity contribution is 7.98. The molecule has 0 aliphatic carbocycles. The lowest BCUT2D eigenvalue weighted by atomic mass is 10.2. The van der Waals surface area contributed by atoms with Gasteiger partial charge in [-0.05, 0) is 24.3 Å². The maximum absolute atomic E-state index is 5.85. The van der Waals surface area contributed by atoms with Crippen LogP contribution < -0.4 is 0 Å². The Morgan fingerprint density at radius 3 is 2.86 bits per heavy atom. The predicted octanol–water partition coefficient (Wildman–Crippen LogP) is 4.53. The van der Waals surface area contributed by atoms with E-state index >= 15 is 0 Å². The molecular weight excluding hydrogens is 406 g/mol. The van der Waals surface area contributed by atoms with Crippen LogP contribution >= 0.6 is 23.1 Å². The summed E-state index contributed by atoms with van der Waals surface area (Å²) in [5, 5.41) is 15.9. The first-order valence-electron chi connectivity index (χ1n) is 9.46. The summed E-state index contributed by atoms with van der Waals surface area (Å²) in [4.78, 5) is 5.61. The van der Waals surface area contributed by atoms with Gasteiger partial charge in [0.15, 0.2) is 11.0 Å². The second kappa shape index (κ2) is 8.48. The van der Waals surface area contributed by atoms with Crippen molar-refractivity contribution in [2.75, 3.05) is 6.61 Å². The van der Waals surface area contributed by atoms with Crippen LogP contribution in [0.1, 0.15) is 18.7 Å². The zero-order valence-electron chi connectivity index (χ0n) is 15.6. The summed E-state index contributed by atoms with van der Waals surface area (Å²) < 4.78 is 13.4. The molecule has 4 aromatic rings. The van der Waals surface area contributed by atoms with E-state index in [1.165, 1.54) is 0 Å². The van der Waals surface area contributed by atoms with Crippen LogP contribution in [0.5, 0.6) is 0 Å².